The number of hydrogen-bond donors (Lipinski definition) is 0. The van der Waals surface area contributed by atoms with Gasteiger partial charge in [0.1, 0.15) is 11.6 Å². The summed E-state index contributed by atoms with van der Waals surface area (Å²) in [5.74, 6) is 0.358. The summed E-state index contributed by atoms with van der Waals surface area (Å²) in [4.78, 5) is 16.7. The largest absolute Gasteiger partial charge is 0.495 e. The second-order valence-electron chi connectivity index (χ2n) is 6.08. The Balaban J connectivity index is 1.77. The Labute approximate surface area is 151 Å². The van der Waals surface area contributed by atoms with Crippen LogP contribution in [0.25, 0.3) is 0 Å². The van der Waals surface area contributed by atoms with Gasteiger partial charge in [-0.05, 0) is 42.8 Å². The highest BCUT2D eigenvalue weighted by Crippen LogP contribution is 2.33. The molecule has 6 heteroatoms. The van der Waals surface area contributed by atoms with E-state index in [4.69, 9.17) is 16.3 Å². The summed E-state index contributed by atoms with van der Waals surface area (Å²) in [7, 11) is 1.57. The number of amides is 1. The van der Waals surface area contributed by atoms with E-state index in [0.717, 1.165) is 5.56 Å². The maximum atomic E-state index is 13.0. The van der Waals surface area contributed by atoms with Gasteiger partial charge in [-0.15, -0.1) is 0 Å². The van der Waals surface area contributed by atoms with Gasteiger partial charge in [-0.3, -0.25) is 9.69 Å². The number of methoxy groups -OCH3 is 1. The predicted octanol–water partition coefficient (Wildman–Crippen LogP) is 3.73. The molecule has 1 saturated heterocycles. The number of carbonyl (C=O) groups is 1. The number of nitrogens with zero attached hydrogens (tertiary/aromatic N) is 2. The standard InChI is InChI=1S/C19H20ClFN2O2/c1-13-19(24)23(17-11-15(20)5-8-18(17)25-2)10-9-22(13)12-14-3-6-16(21)7-4-14/h3-8,11,13H,9-10,12H2,1-2H3. The van der Waals surface area contributed by atoms with Crippen LogP contribution < -0.4 is 9.64 Å². The molecule has 1 atom stereocenters. The molecule has 1 amide bonds. The smallest absolute Gasteiger partial charge is 0.244 e. The topological polar surface area (TPSA) is 32.8 Å². The van der Waals surface area contributed by atoms with E-state index in [9.17, 15) is 9.18 Å². The first kappa shape index (κ1) is 17.7. The molecule has 0 spiro atoms. The van der Waals surface area contributed by atoms with Crippen LogP contribution in [-0.4, -0.2) is 37.0 Å². The highest BCUT2D eigenvalue weighted by molar-refractivity contribution is 6.31. The van der Waals surface area contributed by atoms with Crippen molar-refractivity contribution in [1.82, 2.24) is 4.90 Å². The van der Waals surface area contributed by atoms with Crippen LogP contribution in [0.2, 0.25) is 5.02 Å². The number of anilines is 1. The van der Waals surface area contributed by atoms with Gasteiger partial charge in [0.2, 0.25) is 5.91 Å². The van der Waals surface area contributed by atoms with Gasteiger partial charge in [-0.2, -0.15) is 0 Å². The van der Waals surface area contributed by atoms with Crippen LogP contribution in [-0.2, 0) is 11.3 Å². The summed E-state index contributed by atoms with van der Waals surface area (Å²) in [6, 6.07) is 11.3. The fourth-order valence-electron chi connectivity index (χ4n) is 3.07. The van der Waals surface area contributed by atoms with Crippen LogP contribution in [0.15, 0.2) is 42.5 Å². The van der Waals surface area contributed by atoms with Gasteiger partial charge in [-0.25, -0.2) is 4.39 Å². The molecule has 0 N–H and O–H groups in total. The lowest BCUT2D eigenvalue weighted by Crippen LogP contribution is -2.55. The Hall–Kier alpha value is -2.11. The van der Waals surface area contributed by atoms with Crippen molar-refractivity contribution in [3.63, 3.8) is 0 Å². The van der Waals surface area contributed by atoms with E-state index in [1.165, 1.54) is 12.1 Å². The van der Waals surface area contributed by atoms with Gasteiger partial charge in [0.05, 0.1) is 18.8 Å². The molecule has 0 radical (unpaired) electrons. The first-order chi connectivity index (χ1) is 12.0. The average molecular weight is 363 g/mol. The van der Waals surface area contributed by atoms with Gasteiger partial charge < -0.3 is 9.64 Å². The molecule has 0 aliphatic carbocycles. The first-order valence-corrected chi connectivity index (χ1v) is 8.51. The molecular weight excluding hydrogens is 343 g/mol. The minimum atomic E-state index is -0.289. The Morgan fingerprint density at radius 3 is 2.60 bits per heavy atom. The zero-order valence-corrected chi connectivity index (χ0v) is 15.0. The molecule has 1 fully saturated rings. The Kier molecular flexibility index (Phi) is 5.25. The van der Waals surface area contributed by atoms with E-state index >= 15 is 0 Å². The summed E-state index contributed by atoms with van der Waals surface area (Å²) in [5, 5.41) is 0.560. The molecule has 25 heavy (non-hydrogen) atoms. The zero-order chi connectivity index (χ0) is 18.0. The highest BCUT2D eigenvalue weighted by Gasteiger charge is 2.33. The molecule has 1 aliphatic heterocycles. The van der Waals surface area contributed by atoms with E-state index in [2.05, 4.69) is 4.90 Å². The van der Waals surface area contributed by atoms with Crippen molar-refractivity contribution in [2.75, 3.05) is 25.1 Å². The van der Waals surface area contributed by atoms with Crippen LogP contribution >= 0.6 is 11.6 Å². The lowest BCUT2D eigenvalue weighted by molar-refractivity contribution is -0.125. The van der Waals surface area contributed by atoms with Crippen molar-refractivity contribution in [1.29, 1.82) is 0 Å². The second-order valence-corrected chi connectivity index (χ2v) is 6.52. The fourth-order valence-corrected chi connectivity index (χ4v) is 3.23. The van der Waals surface area contributed by atoms with E-state index in [0.29, 0.717) is 36.1 Å². The molecule has 132 valence electrons. The van der Waals surface area contributed by atoms with Gasteiger partial charge in [0.25, 0.3) is 0 Å². The van der Waals surface area contributed by atoms with Crippen molar-refractivity contribution in [2.24, 2.45) is 0 Å². The van der Waals surface area contributed by atoms with E-state index < -0.39 is 0 Å². The monoisotopic (exact) mass is 362 g/mol. The van der Waals surface area contributed by atoms with E-state index in [-0.39, 0.29) is 17.8 Å². The maximum absolute atomic E-state index is 13.0. The van der Waals surface area contributed by atoms with Gasteiger partial charge in [0, 0.05) is 24.7 Å². The minimum Gasteiger partial charge on any atom is -0.495 e. The van der Waals surface area contributed by atoms with Crippen LogP contribution in [0, 0.1) is 5.82 Å². The van der Waals surface area contributed by atoms with Gasteiger partial charge in [0.15, 0.2) is 0 Å². The molecular formula is C19H20ClFN2O2. The summed E-state index contributed by atoms with van der Waals surface area (Å²) < 4.78 is 18.4. The minimum absolute atomic E-state index is 0.00562. The van der Waals surface area contributed by atoms with Crippen molar-refractivity contribution in [2.45, 2.75) is 19.5 Å². The normalized spacial score (nSPS) is 18.5. The highest BCUT2D eigenvalue weighted by atomic mass is 35.5. The summed E-state index contributed by atoms with van der Waals surface area (Å²) in [6.07, 6.45) is 0. The Morgan fingerprint density at radius 1 is 1.20 bits per heavy atom. The second kappa shape index (κ2) is 7.42. The lowest BCUT2D eigenvalue weighted by Gasteiger charge is -2.39. The van der Waals surface area contributed by atoms with Crippen molar-refractivity contribution in [3.8, 4) is 5.75 Å². The molecule has 2 aromatic rings. The Morgan fingerprint density at radius 2 is 1.92 bits per heavy atom. The molecule has 4 nitrogen and oxygen atoms in total. The molecule has 1 unspecified atom stereocenters. The van der Waals surface area contributed by atoms with Gasteiger partial charge >= 0.3 is 0 Å². The number of halogens is 2. The zero-order valence-electron chi connectivity index (χ0n) is 14.2. The van der Waals surface area contributed by atoms with Crippen LogP contribution in [0.3, 0.4) is 0 Å². The third kappa shape index (κ3) is 3.78. The van der Waals surface area contributed by atoms with Gasteiger partial charge in [-0.1, -0.05) is 23.7 Å². The number of hydrogen-bond acceptors (Lipinski definition) is 3. The fraction of sp³-hybridized carbons (Fsp3) is 0.316. The quantitative estimate of drug-likeness (QED) is 0.831. The van der Waals surface area contributed by atoms with Crippen LogP contribution in [0.4, 0.5) is 10.1 Å². The van der Waals surface area contributed by atoms with Crippen LogP contribution in [0.1, 0.15) is 12.5 Å². The number of rotatable bonds is 4. The van der Waals surface area contributed by atoms with Crippen LogP contribution in [0.5, 0.6) is 5.75 Å². The first-order valence-electron chi connectivity index (χ1n) is 8.13. The van der Waals surface area contributed by atoms with Crippen molar-refractivity contribution in [3.05, 3.63) is 58.9 Å². The molecule has 3 rings (SSSR count). The third-order valence-corrected chi connectivity index (χ3v) is 4.75. The number of benzene rings is 2. The number of piperazine rings is 1. The van der Waals surface area contributed by atoms with E-state index in [1.54, 1.807) is 42.3 Å². The molecule has 0 bridgehead atoms. The predicted molar refractivity (Wildman–Crippen MR) is 96.6 cm³/mol. The average Bonchev–Trinajstić information content (AvgIpc) is 2.61. The molecule has 1 aliphatic rings. The van der Waals surface area contributed by atoms with Crippen molar-refractivity contribution < 1.29 is 13.9 Å². The summed E-state index contributed by atoms with van der Waals surface area (Å²) in [5.41, 5.74) is 1.67. The molecule has 1 heterocycles. The van der Waals surface area contributed by atoms with Crippen molar-refractivity contribution >= 4 is 23.2 Å². The lowest BCUT2D eigenvalue weighted by atomic mass is 10.1. The molecule has 2 aromatic carbocycles. The number of ether oxygens (including phenoxy) is 1. The molecule has 0 aromatic heterocycles. The molecule has 0 saturated carbocycles. The maximum Gasteiger partial charge on any atom is 0.244 e. The third-order valence-electron chi connectivity index (χ3n) is 4.51. The SMILES string of the molecule is COc1ccc(Cl)cc1N1CCN(Cc2ccc(F)cc2)C(C)C1=O. The Bertz CT molecular complexity index is 767. The summed E-state index contributed by atoms with van der Waals surface area (Å²) in [6.45, 7) is 3.74. The summed E-state index contributed by atoms with van der Waals surface area (Å²) >= 11 is 6.09. The van der Waals surface area contributed by atoms with E-state index in [1.807, 2.05) is 6.92 Å². The number of carbonyl (C=O) groups excluding carboxylic acids is 1.